The normalized spacial score (nSPS) is 11.5. The zero-order valence-corrected chi connectivity index (χ0v) is 20.4. The van der Waals surface area contributed by atoms with Gasteiger partial charge in [-0.2, -0.15) is 10.2 Å². The Morgan fingerprint density at radius 2 is 2.03 bits per heavy atom. The molecule has 35 heavy (non-hydrogen) atoms. The van der Waals surface area contributed by atoms with Crippen molar-refractivity contribution in [2.45, 2.75) is 29.9 Å². The molecule has 0 aliphatic carbocycles. The van der Waals surface area contributed by atoms with E-state index >= 15 is 0 Å². The van der Waals surface area contributed by atoms with Crippen molar-refractivity contribution in [1.82, 2.24) is 25.3 Å². The summed E-state index contributed by atoms with van der Waals surface area (Å²) in [6.45, 7) is 2.65. The van der Waals surface area contributed by atoms with Crippen molar-refractivity contribution in [3.8, 4) is 11.8 Å². The molecule has 4 rings (SSSR count). The van der Waals surface area contributed by atoms with Crippen LogP contribution in [0.2, 0.25) is 0 Å². The molecular weight excluding hydrogens is 461 g/mol. The van der Waals surface area contributed by atoms with Gasteiger partial charge in [0.05, 0.1) is 17.1 Å². The third kappa shape index (κ3) is 6.84. The van der Waals surface area contributed by atoms with Crippen LogP contribution in [0.5, 0.6) is 0 Å². The van der Waals surface area contributed by atoms with Gasteiger partial charge in [-0.15, -0.1) is 11.8 Å². The van der Waals surface area contributed by atoms with Gasteiger partial charge in [0, 0.05) is 47.6 Å². The topological polar surface area (TPSA) is 75.6 Å². The minimum atomic E-state index is -0.303. The van der Waals surface area contributed by atoms with Crippen LogP contribution in [0.15, 0.2) is 72.0 Å². The molecule has 178 valence electrons. The van der Waals surface area contributed by atoms with Crippen LogP contribution in [0.3, 0.4) is 0 Å². The monoisotopic (exact) mass is 487 g/mol. The Hall–Kier alpha value is -3.83. The Balaban J connectivity index is 1.51. The van der Waals surface area contributed by atoms with Crippen molar-refractivity contribution >= 4 is 17.7 Å². The number of nitrogens with zero attached hydrogens (tertiary/aromatic N) is 3. The highest BCUT2D eigenvalue weighted by Crippen LogP contribution is 2.36. The predicted octanol–water partition coefficient (Wildman–Crippen LogP) is 4.90. The fraction of sp³-hybridized carbons (Fsp3) is 0.222. The van der Waals surface area contributed by atoms with Crippen molar-refractivity contribution in [1.29, 1.82) is 0 Å². The van der Waals surface area contributed by atoms with Gasteiger partial charge in [-0.25, -0.2) is 4.39 Å². The molecule has 0 spiro atoms. The van der Waals surface area contributed by atoms with Crippen LogP contribution in [0.25, 0.3) is 0 Å². The van der Waals surface area contributed by atoms with E-state index in [9.17, 15) is 9.18 Å². The van der Waals surface area contributed by atoms with E-state index in [1.54, 1.807) is 34.8 Å². The Morgan fingerprint density at radius 3 is 2.74 bits per heavy atom. The molecule has 2 aromatic heterocycles. The number of aromatic nitrogens is 4. The molecule has 4 aromatic rings. The lowest BCUT2D eigenvalue weighted by Crippen LogP contribution is -2.24. The van der Waals surface area contributed by atoms with E-state index in [1.807, 2.05) is 43.7 Å². The molecule has 1 atom stereocenters. The lowest BCUT2D eigenvalue weighted by Gasteiger charge is -2.12. The number of thioether (sulfide) groups is 1. The van der Waals surface area contributed by atoms with Gasteiger partial charge < -0.3 is 5.32 Å². The van der Waals surface area contributed by atoms with E-state index < -0.39 is 0 Å². The summed E-state index contributed by atoms with van der Waals surface area (Å²) in [6, 6.07) is 13.6. The molecule has 2 heterocycles. The number of amides is 1. The predicted molar refractivity (Wildman–Crippen MR) is 136 cm³/mol. The second-order valence-electron chi connectivity index (χ2n) is 8.11. The summed E-state index contributed by atoms with van der Waals surface area (Å²) in [7, 11) is 1.89. The maximum absolute atomic E-state index is 13.3. The number of benzene rings is 2. The molecule has 2 aromatic carbocycles. The molecule has 6 nitrogen and oxygen atoms in total. The van der Waals surface area contributed by atoms with Gasteiger partial charge in [0.15, 0.2) is 0 Å². The zero-order valence-electron chi connectivity index (χ0n) is 19.6. The smallest absolute Gasteiger partial charge is 0.251 e. The summed E-state index contributed by atoms with van der Waals surface area (Å²) in [5.74, 6) is 5.83. The minimum Gasteiger partial charge on any atom is -0.352 e. The van der Waals surface area contributed by atoms with Gasteiger partial charge in [-0.1, -0.05) is 11.8 Å². The molecule has 1 unspecified atom stereocenters. The van der Waals surface area contributed by atoms with Crippen LogP contribution >= 0.6 is 11.8 Å². The molecule has 0 bridgehead atoms. The molecule has 0 saturated carbocycles. The molecular formula is C27H26FN5OS. The first-order valence-corrected chi connectivity index (χ1v) is 12.2. The number of nitrogens with one attached hydrogen (secondary N) is 2. The Labute approximate surface area is 208 Å². The van der Waals surface area contributed by atoms with E-state index in [-0.39, 0.29) is 17.0 Å². The zero-order chi connectivity index (χ0) is 24.6. The van der Waals surface area contributed by atoms with Crippen molar-refractivity contribution in [2.24, 2.45) is 7.05 Å². The standard InChI is InChI=1S/C27H26FN5OS/c1-19(25-13-15-33(2)32-25)35-26-12-9-23(27(34)29-14-3-4-21-17-30-31-18-21)16-22(26)8-5-20-6-10-24(28)11-7-20/h6-7,9-13,15-19H,3-4,14H2,1-2H3,(H,29,34)(H,30,31). The van der Waals surface area contributed by atoms with Gasteiger partial charge >= 0.3 is 0 Å². The van der Waals surface area contributed by atoms with Gasteiger partial charge in [0.2, 0.25) is 0 Å². The maximum atomic E-state index is 13.3. The first-order chi connectivity index (χ1) is 17.0. The van der Waals surface area contributed by atoms with Crippen molar-refractivity contribution < 1.29 is 9.18 Å². The summed E-state index contributed by atoms with van der Waals surface area (Å²) in [5.41, 5.74) is 4.07. The van der Waals surface area contributed by atoms with Crippen LogP contribution in [0.1, 0.15) is 51.3 Å². The van der Waals surface area contributed by atoms with E-state index in [0.29, 0.717) is 17.7 Å². The number of halogens is 1. The number of rotatable bonds is 8. The molecule has 0 aliphatic rings. The average Bonchev–Trinajstić information content (AvgIpc) is 3.54. The Bertz CT molecular complexity index is 1340. The summed E-state index contributed by atoms with van der Waals surface area (Å²) in [4.78, 5) is 13.7. The Morgan fingerprint density at radius 1 is 1.20 bits per heavy atom. The third-order valence-electron chi connectivity index (χ3n) is 5.36. The van der Waals surface area contributed by atoms with Gasteiger partial charge in [0.1, 0.15) is 5.82 Å². The van der Waals surface area contributed by atoms with Crippen LogP contribution in [-0.4, -0.2) is 32.4 Å². The van der Waals surface area contributed by atoms with Crippen molar-refractivity contribution in [3.63, 3.8) is 0 Å². The van der Waals surface area contributed by atoms with Gasteiger partial charge in [-0.3, -0.25) is 14.6 Å². The number of H-pyrrole nitrogens is 1. The first-order valence-electron chi connectivity index (χ1n) is 11.3. The second kappa shape index (κ2) is 11.5. The van der Waals surface area contributed by atoms with E-state index in [0.717, 1.165) is 34.6 Å². The molecule has 1 amide bonds. The van der Waals surface area contributed by atoms with E-state index in [4.69, 9.17) is 0 Å². The Kier molecular flexibility index (Phi) is 8.01. The van der Waals surface area contributed by atoms with Crippen LogP contribution < -0.4 is 5.32 Å². The van der Waals surface area contributed by atoms with Crippen molar-refractivity contribution in [3.05, 3.63) is 101 Å². The number of hydrogen-bond donors (Lipinski definition) is 2. The van der Waals surface area contributed by atoms with E-state index in [1.165, 1.54) is 12.1 Å². The molecule has 0 radical (unpaired) electrons. The molecule has 8 heteroatoms. The third-order valence-corrected chi connectivity index (χ3v) is 6.57. The quantitative estimate of drug-likeness (QED) is 0.211. The van der Waals surface area contributed by atoms with Gasteiger partial charge in [-0.05, 0) is 73.9 Å². The van der Waals surface area contributed by atoms with Crippen molar-refractivity contribution in [2.75, 3.05) is 6.54 Å². The molecule has 0 saturated heterocycles. The van der Waals surface area contributed by atoms with Crippen LogP contribution in [0.4, 0.5) is 4.39 Å². The fourth-order valence-electron chi connectivity index (χ4n) is 3.46. The van der Waals surface area contributed by atoms with Crippen LogP contribution in [-0.2, 0) is 13.5 Å². The van der Waals surface area contributed by atoms with Gasteiger partial charge in [0.25, 0.3) is 5.91 Å². The second-order valence-corrected chi connectivity index (χ2v) is 9.49. The first kappa shape index (κ1) is 24.3. The lowest BCUT2D eigenvalue weighted by molar-refractivity contribution is 0.0953. The van der Waals surface area contributed by atoms with E-state index in [2.05, 4.69) is 39.4 Å². The SMILES string of the molecule is CC(Sc1ccc(C(=O)NCCCc2cn[nH]c2)cc1C#Cc1ccc(F)cc1)c1ccn(C)n1. The highest BCUT2D eigenvalue weighted by Gasteiger charge is 2.15. The number of hydrogen-bond acceptors (Lipinski definition) is 4. The molecule has 0 fully saturated rings. The molecule has 2 N–H and O–H groups in total. The summed E-state index contributed by atoms with van der Waals surface area (Å²) in [6.07, 6.45) is 7.22. The highest BCUT2D eigenvalue weighted by molar-refractivity contribution is 7.99. The average molecular weight is 488 g/mol. The van der Waals surface area contributed by atoms with Crippen LogP contribution in [0, 0.1) is 17.7 Å². The number of aromatic amines is 1. The number of aryl methyl sites for hydroxylation is 2. The molecule has 0 aliphatic heterocycles. The lowest BCUT2D eigenvalue weighted by atomic mass is 10.1. The highest BCUT2D eigenvalue weighted by atomic mass is 32.2. The number of carbonyl (C=O) groups excluding carboxylic acids is 1. The maximum Gasteiger partial charge on any atom is 0.251 e. The summed E-state index contributed by atoms with van der Waals surface area (Å²) in [5, 5.41) is 14.3. The summed E-state index contributed by atoms with van der Waals surface area (Å²) < 4.78 is 15.0. The fourth-order valence-corrected chi connectivity index (χ4v) is 4.47. The summed E-state index contributed by atoms with van der Waals surface area (Å²) >= 11 is 1.64. The largest absolute Gasteiger partial charge is 0.352 e. The minimum absolute atomic E-state index is 0.102. The number of carbonyl (C=O) groups is 1.